The summed E-state index contributed by atoms with van der Waals surface area (Å²) in [5.41, 5.74) is 3.44. The molecule has 0 heterocycles. The van der Waals surface area contributed by atoms with Crippen LogP contribution in [0.5, 0.6) is 11.5 Å². The Morgan fingerprint density at radius 1 is 1.12 bits per heavy atom. The van der Waals surface area contributed by atoms with Gasteiger partial charge in [0.2, 0.25) is 0 Å². The van der Waals surface area contributed by atoms with Crippen LogP contribution in [0.25, 0.3) is 0 Å². The van der Waals surface area contributed by atoms with Crippen molar-refractivity contribution in [2.45, 2.75) is 40.8 Å². The highest BCUT2D eigenvalue weighted by Crippen LogP contribution is 2.37. The van der Waals surface area contributed by atoms with E-state index in [4.69, 9.17) is 21.1 Å². The number of rotatable bonds is 9. The van der Waals surface area contributed by atoms with Gasteiger partial charge in [0.25, 0.3) is 0 Å². The second kappa shape index (κ2) is 9.69. The van der Waals surface area contributed by atoms with Gasteiger partial charge in [-0.25, -0.2) is 0 Å². The normalized spacial score (nSPS) is 11.0. The summed E-state index contributed by atoms with van der Waals surface area (Å²) in [5.74, 6) is 1.92. The molecule has 0 aliphatic heterocycles. The van der Waals surface area contributed by atoms with E-state index in [0.717, 1.165) is 24.2 Å². The van der Waals surface area contributed by atoms with E-state index in [1.807, 2.05) is 31.2 Å². The van der Waals surface area contributed by atoms with Gasteiger partial charge in [0, 0.05) is 6.54 Å². The summed E-state index contributed by atoms with van der Waals surface area (Å²) in [6.45, 7) is 11.2. The van der Waals surface area contributed by atoms with E-state index in [-0.39, 0.29) is 0 Å². The molecule has 136 valence electrons. The molecule has 1 N–H and O–H groups in total. The summed E-state index contributed by atoms with van der Waals surface area (Å²) >= 11 is 6.49. The summed E-state index contributed by atoms with van der Waals surface area (Å²) in [5, 5.41) is 4.01. The summed E-state index contributed by atoms with van der Waals surface area (Å²) in [7, 11) is 0. The number of halogens is 1. The zero-order valence-electron chi connectivity index (χ0n) is 15.6. The Hall–Kier alpha value is -1.71. The van der Waals surface area contributed by atoms with E-state index in [0.29, 0.717) is 35.7 Å². The van der Waals surface area contributed by atoms with Crippen molar-refractivity contribution in [3.63, 3.8) is 0 Å². The van der Waals surface area contributed by atoms with Crippen LogP contribution < -0.4 is 14.8 Å². The molecule has 0 spiro atoms. The topological polar surface area (TPSA) is 30.5 Å². The molecule has 0 aliphatic carbocycles. The number of aryl methyl sites for hydroxylation is 1. The first-order chi connectivity index (χ1) is 12.0. The van der Waals surface area contributed by atoms with E-state index >= 15 is 0 Å². The second-order valence-corrected chi connectivity index (χ2v) is 6.99. The van der Waals surface area contributed by atoms with Gasteiger partial charge in [0.1, 0.15) is 6.61 Å². The first-order valence-electron chi connectivity index (χ1n) is 8.84. The summed E-state index contributed by atoms with van der Waals surface area (Å²) < 4.78 is 11.8. The molecule has 3 nitrogen and oxygen atoms in total. The standard InChI is InChI=1S/C21H28ClNO2/c1-5-24-20-11-17(13-23-12-15(2)3)10-19(22)21(20)25-14-18-9-7-6-8-16(18)4/h6-11,15,23H,5,12-14H2,1-4H3. The van der Waals surface area contributed by atoms with Crippen molar-refractivity contribution in [3.8, 4) is 11.5 Å². The van der Waals surface area contributed by atoms with Crippen LogP contribution in [0.4, 0.5) is 0 Å². The Kier molecular flexibility index (Phi) is 7.60. The predicted octanol–water partition coefficient (Wildman–Crippen LogP) is 5.37. The van der Waals surface area contributed by atoms with E-state index in [9.17, 15) is 0 Å². The van der Waals surface area contributed by atoms with Gasteiger partial charge in [-0.15, -0.1) is 0 Å². The molecule has 0 saturated heterocycles. The maximum absolute atomic E-state index is 6.49. The smallest absolute Gasteiger partial charge is 0.180 e. The van der Waals surface area contributed by atoms with E-state index in [1.165, 1.54) is 5.56 Å². The SMILES string of the molecule is CCOc1cc(CNCC(C)C)cc(Cl)c1OCc1ccccc1C. The molecule has 0 amide bonds. The molecule has 2 rings (SSSR count). The molecule has 0 radical (unpaired) electrons. The van der Waals surface area contributed by atoms with E-state index in [1.54, 1.807) is 0 Å². The quantitative estimate of drug-likeness (QED) is 0.651. The number of benzene rings is 2. The molecule has 2 aromatic rings. The first kappa shape index (κ1) is 19.6. The van der Waals surface area contributed by atoms with Gasteiger partial charge < -0.3 is 14.8 Å². The van der Waals surface area contributed by atoms with Gasteiger partial charge >= 0.3 is 0 Å². The van der Waals surface area contributed by atoms with E-state index < -0.39 is 0 Å². The number of ether oxygens (including phenoxy) is 2. The third kappa shape index (κ3) is 5.94. The highest BCUT2D eigenvalue weighted by Gasteiger charge is 2.13. The Morgan fingerprint density at radius 2 is 1.88 bits per heavy atom. The van der Waals surface area contributed by atoms with E-state index in [2.05, 4.69) is 38.2 Å². The number of nitrogens with one attached hydrogen (secondary N) is 1. The summed E-state index contributed by atoms with van der Waals surface area (Å²) in [6, 6.07) is 12.1. The van der Waals surface area contributed by atoms with Crippen molar-refractivity contribution in [2.75, 3.05) is 13.2 Å². The van der Waals surface area contributed by atoms with Crippen LogP contribution >= 0.6 is 11.6 Å². The second-order valence-electron chi connectivity index (χ2n) is 6.58. The monoisotopic (exact) mass is 361 g/mol. The molecule has 0 atom stereocenters. The first-order valence-corrected chi connectivity index (χ1v) is 9.22. The highest BCUT2D eigenvalue weighted by molar-refractivity contribution is 6.32. The summed E-state index contributed by atoms with van der Waals surface area (Å²) in [6.07, 6.45) is 0. The molecule has 0 saturated carbocycles. The Labute approximate surface area is 156 Å². The molecule has 2 aromatic carbocycles. The minimum absolute atomic E-state index is 0.470. The van der Waals surface area contributed by atoms with Crippen LogP contribution in [0, 0.1) is 12.8 Å². The zero-order chi connectivity index (χ0) is 18.2. The van der Waals surface area contributed by atoms with Crippen LogP contribution in [-0.2, 0) is 13.2 Å². The Bertz CT molecular complexity index is 686. The average Bonchev–Trinajstić information content (AvgIpc) is 2.55. The summed E-state index contributed by atoms with van der Waals surface area (Å²) in [4.78, 5) is 0. The lowest BCUT2D eigenvalue weighted by Crippen LogP contribution is -2.19. The highest BCUT2D eigenvalue weighted by atomic mass is 35.5. The molecule has 0 aromatic heterocycles. The van der Waals surface area contributed by atoms with Crippen molar-refractivity contribution < 1.29 is 9.47 Å². The van der Waals surface area contributed by atoms with Crippen molar-refractivity contribution in [2.24, 2.45) is 5.92 Å². The van der Waals surface area contributed by atoms with Crippen LogP contribution in [0.1, 0.15) is 37.5 Å². The zero-order valence-corrected chi connectivity index (χ0v) is 16.3. The molecular formula is C21H28ClNO2. The largest absolute Gasteiger partial charge is 0.490 e. The number of hydrogen-bond donors (Lipinski definition) is 1. The molecule has 0 aliphatic rings. The van der Waals surface area contributed by atoms with Crippen molar-refractivity contribution in [1.82, 2.24) is 5.32 Å². The Balaban J connectivity index is 2.14. The molecular weight excluding hydrogens is 334 g/mol. The Morgan fingerprint density at radius 3 is 2.56 bits per heavy atom. The van der Waals surface area contributed by atoms with Crippen molar-refractivity contribution in [1.29, 1.82) is 0 Å². The fourth-order valence-corrected chi connectivity index (χ4v) is 2.84. The maximum atomic E-state index is 6.49. The lowest BCUT2D eigenvalue weighted by molar-refractivity contribution is 0.268. The minimum atomic E-state index is 0.470. The van der Waals surface area contributed by atoms with Gasteiger partial charge in [-0.2, -0.15) is 0 Å². The van der Waals surface area contributed by atoms with Crippen molar-refractivity contribution >= 4 is 11.6 Å². The fraction of sp³-hybridized carbons (Fsp3) is 0.429. The van der Waals surface area contributed by atoms with Crippen LogP contribution in [0.3, 0.4) is 0 Å². The van der Waals surface area contributed by atoms with Crippen LogP contribution in [0.15, 0.2) is 36.4 Å². The average molecular weight is 362 g/mol. The van der Waals surface area contributed by atoms with Gasteiger partial charge in [0.15, 0.2) is 11.5 Å². The molecule has 4 heteroatoms. The lowest BCUT2D eigenvalue weighted by Gasteiger charge is -2.16. The van der Waals surface area contributed by atoms with Crippen LogP contribution in [0.2, 0.25) is 5.02 Å². The minimum Gasteiger partial charge on any atom is -0.490 e. The van der Waals surface area contributed by atoms with Gasteiger partial charge in [0.05, 0.1) is 11.6 Å². The molecule has 0 fully saturated rings. The third-order valence-electron chi connectivity index (χ3n) is 3.88. The molecule has 25 heavy (non-hydrogen) atoms. The van der Waals surface area contributed by atoms with Crippen LogP contribution in [-0.4, -0.2) is 13.2 Å². The van der Waals surface area contributed by atoms with Gasteiger partial charge in [-0.05, 0) is 55.1 Å². The third-order valence-corrected chi connectivity index (χ3v) is 4.16. The van der Waals surface area contributed by atoms with Gasteiger partial charge in [-0.3, -0.25) is 0 Å². The molecule has 0 bridgehead atoms. The fourth-order valence-electron chi connectivity index (χ4n) is 2.55. The van der Waals surface area contributed by atoms with Crippen molar-refractivity contribution in [3.05, 3.63) is 58.1 Å². The lowest BCUT2D eigenvalue weighted by atomic mass is 10.1. The maximum Gasteiger partial charge on any atom is 0.180 e. The predicted molar refractivity (Wildman–Crippen MR) is 105 cm³/mol. The molecule has 0 unspecified atom stereocenters. The van der Waals surface area contributed by atoms with Gasteiger partial charge in [-0.1, -0.05) is 49.7 Å². The number of hydrogen-bond acceptors (Lipinski definition) is 3.